The van der Waals surface area contributed by atoms with E-state index < -0.39 is 22.1 Å². The molecule has 32 heavy (non-hydrogen) atoms. The van der Waals surface area contributed by atoms with Crippen LogP contribution >= 0.6 is 11.6 Å². The number of hydrogen-bond acceptors (Lipinski definition) is 5. The number of likely N-dealkylation sites (tertiary alicyclic amines) is 1. The molecule has 0 aromatic heterocycles. The first-order valence-electron chi connectivity index (χ1n) is 10.6. The van der Waals surface area contributed by atoms with E-state index in [2.05, 4.69) is 4.72 Å². The van der Waals surface area contributed by atoms with Gasteiger partial charge in [-0.25, -0.2) is 8.42 Å². The Bertz CT molecular complexity index is 1160. The van der Waals surface area contributed by atoms with Gasteiger partial charge in [0.15, 0.2) is 0 Å². The predicted octanol–water partition coefficient (Wildman–Crippen LogP) is 2.01. The number of hydrogen-bond donors (Lipinski definition) is 1. The summed E-state index contributed by atoms with van der Waals surface area (Å²) >= 11 is 5.99. The molecule has 2 amide bonds. The number of fused-ring (bicyclic) bond motifs is 1. The minimum absolute atomic E-state index is 0.0616. The molecule has 2 aromatic rings. The molecule has 1 N–H and O–H groups in total. The lowest BCUT2D eigenvalue weighted by atomic mass is 10.1. The molecule has 2 saturated heterocycles. The Kier molecular flexibility index (Phi) is 6.44. The first-order chi connectivity index (χ1) is 15.2. The molecule has 2 aliphatic rings. The molecule has 3 atom stereocenters. The number of rotatable bonds is 5. The van der Waals surface area contributed by atoms with Crippen molar-refractivity contribution >= 4 is 44.2 Å². The van der Waals surface area contributed by atoms with Crippen LogP contribution in [0.25, 0.3) is 10.8 Å². The van der Waals surface area contributed by atoms with Crippen molar-refractivity contribution in [2.45, 2.75) is 43.3 Å². The van der Waals surface area contributed by atoms with Gasteiger partial charge in [-0.05, 0) is 55.3 Å². The van der Waals surface area contributed by atoms with Crippen LogP contribution in [0.4, 0.5) is 0 Å². The van der Waals surface area contributed by atoms with E-state index in [-0.39, 0.29) is 22.8 Å². The van der Waals surface area contributed by atoms with Gasteiger partial charge in [-0.3, -0.25) is 9.59 Å². The monoisotopic (exact) mass is 479 g/mol. The lowest BCUT2D eigenvalue weighted by Gasteiger charge is -2.37. The molecule has 2 aromatic carbocycles. The minimum atomic E-state index is -3.92. The standard InChI is InChI=1S/C22H26ClN3O5S/c1-14-13-31-10-9-25(14)21(27)15(2)26-8-7-20(22(26)28)24-32(29,30)19-6-4-16-11-18(23)5-3-17(16)12-19/h3-6,11-12,14-15,20,24H,7-10,13H2,1-2H3. The van der Waals surface area contributed by atoms with Crippen molar-refractivity contribution in [3.63, 3.8) is 0 Å². The second kappa shape index (κ2) is 8.97. The van der Waals surface area contributed by atoms with Crippen LogP contribution in [0.2, 0.25) is 5.02 Å². The van der Waals surface area contributed by atoms with Gasteiger partial charge >= 0.3 is 0 Å². The Morgan fingerprint density at radius 2 is 1.91 bits per heavy atom. The van der Waals surface area contributed by atoms with Gasteiger partial charge in [-0.2, -0.15) is 4.72 Å². The molecule has 4 rings (SSSR count). The average molecular weight is 480 g/mol. The fourth-order valence-corrected chi connectivity index (χ4v) is 5.68. The number of ether oxygens (including phenoxy) is 1. The molecule has 172 valence electrons. The molecule has 0 radical (unpaired) electrons. The summed E-state index contributed by atoms with van der Waals surface area (Å²) in [6.45, 7) is 5.32. The van der Waals surface area contributed by atoms with Crippen molar-refractivity contribution in [2.24, 2.45) is 0 Å². The van der Waals surface area contributed by atoms with E-state index in [1.165, 1.54) is 11.0 Å². The lowest BCUT2D eigenvalue weighted by molar-refractivity contribution is -0.148. The molecule has 2 fully saturated rings. The average Bonchev–Trinajstić information content (AvgIpc) is 3.12. The number of sulfonamides is 1. The van der Waals surface area contributed by atoms with Crippen LogP contribution < -0.4 is 4.72 Å². The number of amides is 2. The van der Waals surface area contributed by atoms with Crippen molar-refractivity contribution < 1.29 is 22.7 Å². The maximum atomic E-state index is 13.0. The maximum Gasteiger partial charge on any atom is 0.245 e. The van der Waals surface area contributed by atoms with E-state index in [1.807, 2.05) is 6.92 Å². The van der Waals surface area contributed by atoms with E-state index in [0.29, 0.717) is 37.7 Å². The van der Waals surface area contributed by atoms with E-state index in [4.69, 9.17) is 16.3 Å². The summed E-state index contributed by atoms with van der Waals surface area (Å²) in [6, 6.07) is 8.30. The molecule has 0 aliphatic carbocycles. The lowest BCUT2D eigenvalue weighted by Crippen LogP contribution is -2.55. The van der Waals surface area contributed by atoms with E-state index in [9.17, 15) is 18.0 Å². The topological polar surface area (TPSA) is 96.0 Å². The Balaban J connectivity index is 1.46. The quantitative estimate of drug-likeness (QED) is 0.707. The number of morpholine rings is 1. The SMILES string of the molecule is CC1COCCN1C(=O)C(C)N1CCC(NS(=O)(=O)c2ccc3cc(Cl)ccc3c2)C1=O. The second-order valence-corrected chi connectivity index (χ2v) is 10.4. The van der Waals surface area contributed by atoms with E-state index >= 15 is 0 Å². The van der Waals surface area contributed by atoms with Crippen LogP contribution in [0.15, 0.2) is 41.3 Å². The van der Waals surface area contributed by atoms with Crippen LogP contribution in [0.3, 0.4) is 0 Å². The van der Waals surface area contributed by atoms with Crippen LogP contribution in [-0.4, -0.2) is 74.5 Å². The van der Waals surface area contributed by atoms with E-state index in [0.717, 1.165) is 10.8 Å². The third kappa shape index (κ3) is 4.47. The maximum absolute atomic E-state index is 13.0. The summed E-state index contributed by atoms with van der Waals surface area (Å²) in [4.78, 5) is 29.1. The largest absolute Gasteiger partial charge is 0.377 e. The van der Waals surface area contributed by atoms with Crippen molar-refractivity contribution in [1.82, 2.24) is 14.5 Å². The van der Waals surface area contributed by atoms with Gasteiger partial charge in [0.1, 0.15) is 12.1 Å². The number of nitrogens with zero attached hydrogens (tertiary/aromatic N) is 2. The van der Waals surface area contributed by atoms with Crippen molar-refractivity contribution in [2.75, 3.05) is 26.3 Å². The minimum Gasteiger partial charge on any atom is -0.377 e. The molecule has 8 nitrogen and oxygen atoms in total. The normalized spacial score (nSPS) is 23.0. The summed E-state index contributed by atoms with van der Waals surface area (Å²) in [5, 5.41) is 2.12. The van der Waals surface area contributed by atoms with Crippen LogP contribution in [0.5, 0.6) is 0 Å². The zero-order chi connectivity index (χ0) is 23.0. The zero-order valence-electron chi connectivity index (χ0n) is 18.0. The Hall–Kier alpha value is -2.20. The number of carbonyl (C=O) groups is 2. The highest BCUT2D eigenvalue weighted by Crippen LogP contribution is 2.24. The molecule has 0 saturated carbocycles. The molecular formula is C22H26ClN3O5S. The van der Waals surface area contributed by atoms with Gasteiger partial charge in [0, 0.05) is 18.1 Å². The highest BCUT2D eigenvalue weighted by molar-refractivity contribution is 7.89. The summed E-state index contributed by atoms with van der Waals surface area (Å²) in [6.07, 6.45) is 0.303. The van der Waals surface area contributed by atoms with Crippen molar-refractivity contribution in [1.29, 1.82) is 0 Å². The third-order valence-electron chi connectivity index (χ3n) is 6.10. The summed E-state index contributed by atoms with van der Waals surface area (Å²) in [7, 11) is -3.92. The number of halogens is 1. The number of benzene rings is 2. The molecule has 2 aliphatic heterocycles. The van der Waals surface area contributed by atoms with Crippen molar-refractivity contribution in [3.8, 4) is 0 Å². The first-order valence-corrected chi connectivity index (χ1v) is 12.4. The van der Waals surface area contributed by atoms with Gasteiger partial charge in [-0.15, -0.1) is 0 Å². The highest BCUT2D eigenvalue weighted by atomic mass is 35.5. The Morgan fingerprint density at radius 3 is 2.66 bits per heavy atom. The smallest absolute Gasteiger partial charge is 0.245 e. The third-order valence-corrected chi connectivity index (χ3v) is 7.80. The van der Waals surface area contributed by atoms with Gasteiger partial charge in [0.05, 0.1) is 24.2 Å². The molecule has 3 unspecified atom stereocenters. The molecule has 0 bridgehead atoms. The number of carbonyl (C=O) groups excluding carboxylic acids is 2. The zero-order valence-corrected chi connectivity index (χ0v) is 19.5. The summed E-state index contributed by atoms with van der Waals surface area (Å²) in [5.74, 6) is -0.534. The van der Waals surface area contributed by atoms with Crippen LogP contribution in [0.1, 0.15) is 20.3 Å². The second-order valence-electron chi connectivity index (χ2n) is 8.28. The fourth-order valence-electron chi connectivity index (χ4n) is 4.24. The van der Waals surface area contributed by atoms with Gasteiger partial charge in [0.2, 0.25) is 21.8 Å². The van der Waals surface area contributed by atoms with E-state index in [1.54, 1.807) is 42.2 Å². The van der Waals surface area contributed by atoms with Crippen LogP contribution in [-0.2, 0) is 24.3 Å². The Labute approximate surface area is 192 Å². The number of nitrogens with one attached hydrogen (secondary N) is 1. The van der Waals surface area contributed by atoms with Crippen LogP contribution in [0, 0.1) is 0 Å². The molecule has 10 heteroatoms. The van der Waals surface area contributed by atoms with Crippen molar-refractivity contribution in [3.05, 3.63) is 41.4 Å². The Morgan fingerprint density at radius 1 is 1.19 bits per heavy atom. The first kappa shape index (κ1) is 23.0. The summed E-state index contributed by atoms with van der Waals surface area (Å²) in [5.41, 5.74) is 0. The van der Waals surface area contributed by atoms with Gasteiger partial charge in [-0.1, -0.05) is 23.7 Å². The molecular weight excluding hydrogens is 454 g/mol. The fraction of sp³-hybridized carbons (Fsp3) is 0.455. The molecule has 2 heterocycles. The summed E-state index contributed by atoms with van der Waals surface area (Å²) < 4.78 is 33.8. The van der Waals surface area contributed by atoms with Gasteiger partial charge < -0.3 is 14.5 Å². The highest BCUT2D eigenvalue weighted by Gasteiger charge is 2.41. The molecule has 0 spiro atoms. The predicted molar refractivity (Wildman–Crippen MR) is 121 cm³/mol. The van der Waals surface area contributed by atoms with Gasteiger partial charge in [0.25, 0.3) is 0 Å².